The van der Waals surface area contributed by atoms with Crippen LogP contribution < -0.4 is 0 Å². The molecular weight excluding hydrogens is 609 g/mol. The summed E-state index contributed by atoms with van der Waals surface area (Å²) in [6.45, 7) is 35.5. The first-order valence-electron chi connectivity index (χ1n) is 19.0. The van der Waals surface area contributed by atoms with Crippen LogP contribution in [0.4, 0.5) is 0 Å². The summed E-state index contributed by atoms with van der Waals surface area (Å²) in [5, 5.41) is 0. The van der Waals surface area contributed by atoms with Crippen LogP contribution in [0.5, 0.6) is 0 Å². The van der Waals surface area contributed by atoms with Gasteiger partial charge in [0, 0.05) is 52.4 Å². The Morgan fingerprint density at radius 3 is 1.06 bits per heavy atom. The van der Waals surface area contributed by atoms with Gasteiger partial charge in [0.05, 0.1) is 0 Å². The molecule has 2 saturated heterocycles. The van der Waals surface area contributed by atoms with Gasteiger partial charge in [-0.15, -0.1) is 0 Å². The van der Waals surface area contributed by atoms with Crippen LogP contribution in [0.25, 0.3) is 0 Å². The summed E-state index contributed by atoms with van der Waals surface area (Å²) >= 11 is 0. The molecule has 0 radical (unpaired) electrons. The van der Waals surface area contributed by atoms with Crippen molar-refractivity contribution in [1.82, 2.24) is 19.6 Å². The summed E-state index contributed by atoms with van der Waals surface area (Å²) in [6, 6.07) is 14.2. The molecule has 6 rings (SSSR count). The summed E-state index contributed by atoms with van der Waals surface area (Å²) in [4.78, 5) is 11.0. The Morgan fingerprint density at radius 1 is 0.460 bits per heavy atom. The number of hydrogen-bond acceptors (Lipinski definition) is 4. The molecule has 3 aliphatic rings. The van der Waals surface area contributed by atoms with Crippen LogP contribution in [0.1, 0.15) is 94.0 Å². The van der Waals surface area contributed by atoms with Gasteiger partial charge < -0.3 is 19.6 Å². The van der Waals surface area contributed by atoms with Crippen LogP contribution in [0.2, 0.25) is 0 Å². The first-order valence-corrected chi connectivity index (χ1v) is 19.0. The molecule has 3 aromatic carbocycles. The van der Waals surface area contributed by atoms with Crippen molar-refractivity contribution in [3.63, 3.8) is 0 Å². The molecule has 0 bridgehead atoms. The summed E-state index contributed by atoms with van der Waals surface area (Å²) in [7, 11) is 0. The van der Waals surface area contributed by atoms with Gasteiger partial charge in [-0.25, -0.2) is 0 Å². The molecule has 4 heteroatoms. The Kier molecular flexibility index (Phi) is 10.3. The highest BCUT2D eigenvalue weighted by Crippen LogP contribution is 2.38. The highest BCUT2D eigenvalue weighted by Gasteiger charge is 2.38. The predicted octanol–water partition coefficient (Wildman–Crippen LogP) is 10.0. The second kappa shape index (κ2) is 14.4. The van der Waals surface area contributed by atoms with Crippen LogP contribution in [0.15, 0.2) is 70.8 Å². The number of benzene rings is 3. The van der Waals surface area contributed by atoms with Crippen LogP contribution in [0.3, 0.4) is 0 Å². The van der Waals surface area contributed by atoms with E-state index in [0.717, 1.165) is 58.8 Å². The molecule has 3 aromatic rings. The van der Waals surface area contributed by atoms with Crippen molar-refractivity contribution in [2.45, 2.75) is 109 Å². The Hall–Kier alpha value is -3.92. The van der Waals surface area contributed by atoms with Crippen LogP contribution in [-0.4, -0.2) is 52.3 Å². The number of allylic oxidation sites excluding steroid dienone is 3. The van der Waals surface area contributed by atoms with E-state index in [4.69, 9.17) is 0 Å². The van der Waals surface area contributed by atoms with Crippen molar-refractivity contribution in [3.05, 3.63) is 138 Å². The largest absolute Gasteiger partial charge is 0.349 e. The second-order valence-corrected chi connectivity index (χ2v) is 16.3. The molecule has 0 aromatic heterocycles. The molecule has 0 spiro atoms. The van der Waals surface area contributed by atoms with Crippen LogP contribution >= 0.6 is 0 Å². The number of rotatable bonds is 8. The Bertz CT molecular complexity index is 1750. The molecule has 0 amide bonds. The van der Waals surface area contributed by atoms with E-state index in [1.807, 2.05) is 0 Å². The van der Waals surface area contributed by atoms with Crippen molar-refractivity contribution in [2.24, 2.45) is 5.92 Å². The summed E-state index contributed by atoms with van der Waals surface area (Å²) in [5.41, 5.74) is 21.5. The first kappa shape index (κ1) is 35.9. The van der Waals surface area contributed by atoms with Crippen molar-refractivity contribution in [1.29, 1.82) is 0 Å². The first-order chi connectivity index (χ1) is 23.7. The maximum atomic E-state index is 2.76. The maximum absolute atomic E-state index is 2.76. The van der Waals surface area contributed by atoms with Crippen molar-refractivity contribution in [2.75, 3.05) is 32.7 Å². The van der Waals surface area contributed by atoms with Gasteiger partial charge in [0.15, 0.2) is 0 Å². The molecule has 1 atom stereocenters. The third-order valence-electron chi connectivity index (χ3n) is 11.8. The van der Waals surface area contributed by atoms with E-state index in [0.29, 0.717) is 5.92 Å². The average molecular weight is 671 g/mol. The van der Waals surface area contributed by atoms with Crippen molar-refractivity contribution in [3.8, 4) is 0 Å². The van der Waals surface area contributed by atoms with Gasteiger partial charge in [-0.3, -0.25) is 0 Å². The molecule has 4 nitrogen and oxygen atoms in total. The van der Waals surface area contributed by atoms with E-state index in [2.05, 4.69) is 145 Å². The molecule has 1 unspecified atom stereocenters. The fourth-order valence-electron chi connectivity index (χ4n) is 9.44. The lowest BCUT2D eigenvalue weighted by atomic mass is 9.85. The van der Waals surface area contributed by atoms with Gasteiger partial charge in [0.25, 0.3) is 0 Å². The third kappa shape index (κ3) is 7.27. The molecule has 0 saturated carbocycles. The van der Waals surface area contributed by atoms with Gasteiger partial charge in [-0.05, 0) is 150 Å². The van der Waals surface area contributed by atoms with E-state index in [-0.39, 0.29) is 0 Å². The minimum atomic E-state index is 0.563. The topological polar surface area (TPSA) is 13.0 Å². The lowest BCUT2D eigenvalue weighted by Gasteiger charge is -2.36. The summed E-state index contributed by atoms with van der Waals surface area (Å²) < 4.78 is 0. The van der Waals surface area contributed by atoms with Gasteiger partial charge in [-0.2, -0.15) is 0 Å². The average Bonchev–Trinajstić information content (AvgIpc) is 3.58. The fourth-order valence-corrected chi connectivity index (χ4v) is 9.44. The lowest BCUT2D eigenvalue weighted by Crippen LogP contribution is -2.35. The zero-order valence-corrected chi connectivity index (χ0v) is 33.3. The maximum Gasteiger partial charge on any atom is 0.146 e. The van der Waals surface area contributed by atoms with Crippen molar-refractivity contribution < 1.29 is 0 Å². The zero-order chi connectivity index (χ0) is 36.0. The lowest BCUT2D eigenvalue weighted by molar-refractivity contribution is 0.250. The Balaban J connectivity index is 1.52. The smallest absolute Gasteiger partial charge is 0.146 e. The molecular formula is C46H62N4. The van der Waals surface area contributed by atoms with E-state index in [1.165, 1.54) is 89.5 Å². The SMILES string of the molecule is CC1=CC(C)=C(CN2CCN(Cc3c(C)cc(C)cc3C)C2=C2N(Cc3c(C)cc(C)cc3C)CCN2Cc2c(C)cc(C)cc2C)C(C)C1. The van der Waals surface area contributed by atoms with Gasteiger partial charge in [0.1, 0.15) is 11.6 Å². The summed E-state index contributed by atoms with van der Waals surface area (Å²) in [5.74, 6) is 3.40. The van der Waals surface area contributed by atoms with E-state index >= 15 is 0 Å². The molecule has 1 aliphatic carbocycles. The number of aryl methyl sites for hydroxylation is 9. The summed E-state index contributed by atoms with van der Waals surface area (Å²) in [6.07, 6.45) is 3.60. The highest BCUT2D eigenvalue weighted by atomic mass is 15.5. The number of nitrogens with zero attached hydrogens (tertiary/aromatic N) is 4. The highest BCUT2D eigenvalue weighted by molar-refractivity contribution is 5.42. The standard InChI is InChI=1S/C46H62N4/c1-29-17-33(5)41(34(6)18-29)25-47-13-14-48(26-42-35(7)19-30(2)20-36(42)8)45(47)46-49(27-43-37(9)21-31(3)22-38(43)10)15-16-50(46)28-44-39(11)23-32(4)24-40(44)12/h17-23,40H,13-16,24-28H2,1-12H3. The van der Waals surface area contributed by atoms with Crippen LogP contribution in [-0.2, 0) is 19.6 Å². The normalized spacial score (nSPS) is 18.3. The molecule has 2 aliphatic heterocycles. The fraction of sp³-hybridized carbons (Fsp3) is 0.478. The zero-order valence-electron chi connectivity index (χ0n) is 33.3. The minimum Gasteiger partial charge on any atom is -0.349 e. The van der Waals surface area contributed by atoms with E-state index in [9.17, 15) is 0 Å². The molecule has 0 N–H and O–H groups in total. The molecule has 50 heavy (non-hydrogen) atoms. The Morgan fingerprint density at radius 2 is 0.760 bits per heavy atom. The Labute approximate surface area is 304 Å². The number of hydrogen-bond donors (Lipinski definition) is 0. The van der Waals surface area contributed by atoms with Gasteiger partial charge in [0.2, 0.25) is 0 Å². The molecule has 2 heterocycles. The minimum absolute atomic E-state index is 0.563. The van der Waals surface area contributed by atoms with E-state index < -0.39 is 0 Å². The van der Waals surface area contributed by atoms with Crippen LogP contribution in [0, 0.1) is 68.2 Å². The van der Waals surface area contributed by atoms with Gasteiger partial charge in [-0.1, -0.05) is 71.7 Å². The quantitative estimate of drug-likeness (QED) is 0.237. The van der Waals surface area contributed by atoms with E-state index in [1.54, 1.807) is 5.57 Å². The van der Waals surface area contributed by atoms with Gasteiger partial charge >= 0.3 is 0 Å². The molecule has 266 valence electrons. The third-order valence-corrected chi connectivity index (χ3v) is 11.8. The second-order valence-electron chi connectivity index (χ2n) is 16.3. The van der Waals surface area contributed by atoms with Crippen molar-refractivity contribution >= 4 is 0 Å². The predicted molar refractivity (Wildman–Crippen MR) is 212 cm³/mol. The monoisotopic (exact) mass is 670 g/mol. The molecule has 2 fully saturated rings.